The zero-order valence-electron chi connectivity index (χ0n) is 14.4. The smallest absolute Gasteiger partial charge is 0.325 e. The number of hydrogen-bond donors (Lipinski definition) is 1. The van der Waals surface area contributed by atoms with E-state index in [0.29, 0.717) is 17.8 Å². The van der Waals surface area contributed by atoms with Crippen molar-refractivity contribution in [2.75, 3.05) is 0 Å². The van der Waals surface area contributed by atoms with Crippen molar-refractivity contribution in [1.29, 1.82) is 0 Å². The highest BCUT2D eigenvalue weighted by molar-refractivity contribution is 6.06. The zero-order chi connectivity index (χ0) is 17.9. The van der Waals surface area contributed by atoms with Gasteiger partial charge in [0.05, 0.1) is 11.8 Å². The molecule has 0 spiro atoms. The molecule has 8 heteroatoms. The van der Waals surface area contributed by atoms with Gasteiger partial charge in [-0.2, -0.15) is 4.98 Å². The quantitative estimate of drug-likeness (QED) is 0.582. The van der Waals surface area contributed by atoms with Crippen molar-refractivity contribution in [1.82, 2.24) is 20.4 Å². The third-order valence-electron chi connectivity index (χ3n) is 4.42. The molecule has 2 aromatic heterocycles. The van der Waals surface area contributed by atoms with Crippen molar-refractivity contribution >= 4 is 11.9 Å². The fourth-order valence-corrected chi connectivity index (χ4v) is 2.93. The fourth-order valence-electron chi connectivity index (χ4n) is 2.93. The zero-order valence-corrected chi connectivity index (χ0v) is 14.4. The molecule has 134 valence electrons. The van der Waals surface area contributed by atoms with Crippen molar-refractivity contribution in [3.8, 4) is 11.4 Å². The van der Waals surface area contributed by atoms with E-state index in [0.717, 1.165) is 30.6 Å². The molecule has 0 bridgehead atoms. The molecule has 1 aliphatic heterocycles. The van der Waals surface area contributed by atoms with Gasteiger partial charge in [-0.1, -0.05) is 37.8 Å². The Labute approximate surface area is 145 Å². The lowest BCUT2D eigenvalue weighted by Crippen LogP contribution is -2.43. The van der Waals surface area contributed by atoms with E-state index >= 15 is 0 Å². The van der Waals surface area contributed by atoms with Crippen LogP contribution in [-0.2, 0) is 11.3 Å². The minimum Gasteiger partial charge on any atom is -0.472 e. The van der Waals surface area contributed by atoms with E-state index < -0.39 is 11.6 Å². The van der Waals surface area contributed by atoms with Crippen LogP contribution in [0.1, 0.15) is 51.8 Å². The molecule has 1 fully saturated rings. The molecule has 1 N–H and O–H groups in total. The van der Waals surface area contributed by atoms with E-state index in [-0.39, 0.29) is 18.3 Å². The van der Waals surface area contributed by atoms with Gasteiger partial charge in [-0.3, -0.25) is 9.69 Å². The van der Waals surface area contributed by atoms with Crippen LogP contribution in [0.5, 0.6) is 0 Å². The third kappa shape index (κ3) is 3.57. The predicted octanol–water partition coefficient (Wildman–Crippen LogP) is 3.11. The Bertz CT molecular complexity index is 740. The van der Waals surface area contributed by atoms with Gasteiger partial charge < -0.3 is 14.3 Å². The molecule has 0 aromatic carbocycles. The van der Waals surface area contributed by atoms with Crippen LogP contribution in [-0.4, -0.2) is 32.5 Å². The van der Waals surface area contributed by atoms with Gasteiger partial charge in [0, 0.05) is 0 Å². The van der Waals surface area contributed by atoms with Gasteiger partial charge in [0.1, 0.15) is 18.3 Å². The summed E-state index contributed by atoms with van der Waals surface area (Å²) in [5, 5.41) is 6.64. The molecule has 1 aliphatic rings. The van der Waals surface area contributed by atoms with Gasteiger partial charge in [-0.05, 0) is 19.4 Å². The van der Waals surface area contributed by atoms with Crippen LogP contribution in [0, 0.1) is 0 Å². The first kappa shape index (κ1) is 17.2. The highest BCUT2D eigenvalue weighted by Crippen LogP contribution is 2.25. The Morgan fingerprint density at radius 2 is 2.12 bits per heavy atom. The van der Waals surface area contributed by atoms with Crippen molar-refractivity contribution < 1.29 is 18.5 Å². The highest BCUT2D eigenvalue weighted by atomic mass is 16.5. The molecule has 0 radical (unpaired) electrons. The summed E-state index contributed by atoms with van der Waals surface area (Å²) in [5.41, 5.74) is -0.189. The maximum Gasteiger partial charge on any atom is 0.325 e. The number of imide groups is 1. The summed E-state index contributed by atoms with van der Waals surface area (Å²) < 4.78 is 10.1. The second kappa shape index (κ2) is 7.08. The van der Waals surface area contributed by atoms with E-state index in [2.05, 4.69) is 22.4 Å². The van der Waals surface area contributed by atoms with Crippen molar-refractivity contribution in [2.45, 2.75) is 58.0 Å². The number of amides is 3. The number of unbranched alkanes of at least 4 members (excludes halogenated alkanes) is 3. The van der Waals surface area contributed by atoms with Crippen LogP contribution in [0.4, 0.5) is 4.79 Å². The SMILES string of the molecule is CCCCCCC1(C)NC(=O)N(Cc2nc(-c3ccoc3)no2)C1=O. The lowest BCUT2D eigenvalue weighted by atomic mass is 9.94. The Kier molecular flexibility index (Phi) is 4.87. The normalized spacial score (nSPS) is 20.3. The van der Waals surface area contributed by atoms with Gasteiger partial charge in [0.2, 0.25) is 11.7 Å². The molecule has 0 aliphatic carbocycles. The number of carbonyl (C=O) groups is 2. The fraction of sp³-hybridized carbons (Fsp3) is 0.529. The summed E-state index contributed by atoms with van der Waals surface area (Å²) in [6.45, 7) is 3.86. The van der Waals surface area contributed by atoms with Crippen LogP contribution in [0.3, 0.4) is 0 Å². The van der Waals surface area contributed by atoms with Gasteiger partial charge in [0.15, 0.2) is 0 Å². The number of aromatic nitrogens is 2. The summed E-state index contributed by atoms with van der Waals surface area (Å²) >= 11 is 0. The number of hydrogen-bond acceptors (Lipinski definition) is 6. The van der Waals surface area contributed by atoms with Gasteiger partial charge in [-0.15, -0.1) is 0 Å². The molecular weight excluding hydrogens is 324 g/mol. The van der Waals surface area contributed by atoms with E-state index in [1.54, 1.807) is 13.0 Å². The summed E-state index contributed by atoms with van der Waals surface area (Å²) in [4.78, 5) is 30.2. The summed E-state index contributed by atoms with van der Waals surface area (Å²) in [6, 6.07) is 1.28. The maximum atomic E-state index is 12.7. The van der Waals surface area contributed by atoms with Crippen LogP contribution < -0.4 is 5.32 Å². The Balaban J connectivity index is 1.64. The van der Waals surface area contributed by atoms with Gasteiger partial charge in [0.25, 0.3) is 5.91 Å². The average Bonchev–Trinajstić information content (AvgIpc) is 3.30. The van der Waals surface area contributed by atoms with Gasteiger partial charge >= 0.3 is 6.03 Å². The minimum absolute atomic E-state index is 0.0416. The van der Waals surface area contributed by atoms with Crippen LogP contribution in [0.25, 0.3) is 11.4 Å². The number of nitrogens with zero attached hydrogens (tertiary/aromatic N) is 3. The third-order valence-corrected chi connectivity index (χ3v) is 4.42. The molecule has 0 saturated carbocycles. The number of carbonyl (C=O) groups excluding carboxylic acids is 2. The number of urea groups is 1. The highest BCUT2D eigenvalue weighted by Gasteiger charge is 2.47. The maximum absolute atomic E-state index is 12.7. The van der Waals surface area contributed by atoms with E-state index in [9.17, 15) is 9.59 Å². The Hall–Kier alpha value is -2.64. The second-order valence-corrected chi connectivity index (χ2v) is 6.49. The monoisotopic (exact) mass is 346 g/mol. The standard InChI is InChI=1S/C17H22N4O4/c1-3-4-5-6-8-17(2)15(22)21(16(23)19-17)10-13-18-14(20-25-13)12-7-9-24-11-12/h7,9,11H,3-6,8,10H2,1-2H3,(H,19,23). The lowest BCUT2D eigenvalue weighted by Gasteiger charge is -2.21. The van der Waals surface area contributed by atoms with Crippen LogP contribution in [0.15, 0.2) is 27.5 Å². The molecule has 25 heavy (non-hydrogen) atoms. The minimum atomic E-state index is -0.863. The molecule has 1 saturated heterocycles. The molecule has 1 atom stereocenters. The molecule has 2 aromatic rings. The molecule has 3 rings (SSSR count). The van der Waals surface area contributed by atoms with Crippen molar-refractivity contribution in [2.24, 2.45) is 0 Å². The topological polar surface area (TPSA) is 101 Å². The molecule has 8 nitrogen and oxygen atoms in total. The lowest BCUT2D eigenvalue weighted by molar-refractivity contribution is -0.131. The van der Waals surface area contributed by atoms with Crippen molar-refractivity contribution in [3.63, 3.8) is 0 Å². The average molecular weight is 346 g/mol. The number of furan rings is 1. The number of rotatable bonds is 8. The summed E-state index contributed by atoms with van der Waals surface area (Å²) in [6.07, 6.45) is 7.82. The summed E-state index contributed by atoms with van der Waals surface area (Å²) in [5.74, 6) is 0.310. The van der Waals surface area contributed by atoms with E-state index in [1.807, 2.05) is 0 Å². The van der Waals surface area contributed by atoms with E-state index in [1.165, 1.54) is 12.5 Å². The van der Waals surface area contributed by atoms with Crippen LogP contribution in [0.2, 0.25) is 0 Å². The summed E-state index contributed by atoms with van der Waals surface area (Å²) in [7, 11) is 0. The van der Waals surface area contributed by atoms with Crippen LogP contribution >= 0.6 is 0 Å². The molecule has 1 unspecified atom stereocenters. The van der Waals surface area contributed by atoms with E-state index in [4.69, 9.17) is 8.94 Å². The largest absolute Gasteiger partial charge is 0.472 e. The first-order valence-corrected chi connectivity index (χ1v) is 8.53. The number of nitrogens with one attached hydrogen (secondary N) is 1. The molecule has 3 amide bonds. The Morgan fingerprint density at radius 1 is 1.28 bits per heavy atom. The molecular formula is C17H22N4O4. The van der Waals surface area contributed by atoms with Gasteiger partial charge in [-0.25, -0.2) is 4.79 Å². The second-order valence-electron chi connectivity index (χ2n) is 6.49. The van der Waals surface area contributed by atoms with Crippen molar-refractivity contribution in [3.05, 3.63) is 24.5 Å². The first-order chi connectivity index (χ1) is 12.0. The predicted molar refractivity (Wildman–Crippen MR) is 88.2 cm³/mol. The Morgan fingerprint density at radius 3 is 2.84 bits per heavy atom. The molecule has 3 heterocycles. The first-order valence-electron chi connectivity index (χ1n) is 8.53.